The number of carbonyl (C=O) groups is 1. The van der Waals surface area contributed by atoms with Gasteiger partial charge in [0, 0.05) is 18.6 Å². The van der Waals surface area contributed by atoms with Gasteiger partial charge in [-0.2, -0.15) is 11.3 Å². The molecular formula is C17H17N3OS. The summed E-state index contributed by atoms with van der Waals surface area (Å²) in [5, 5.41) is 6.98. The summed E-state index contributed by atoms with van der Waals surface area (Å²) < 4.78 is 2.06. The molecule has 0 saturated heterocycles. The zero-order chi connectivity index (χ0) is 15.4. The van der Waals surface area contributed by atoms with Crippen LogP contribution < -0.4 is 5.32 Å². The summed E-state index contributed by atoms with van der Waals surface area (Å²) in [5.74, 6) is 0.549. The molecule has 0 aliphatic heterocycles. The maximum Gasteiger partial charge on any atom is 0.227 e. The number of hydrogen-bond acceptors (Lipinski definition) is 3. The van der Waals surface area contributed by atoms with E-state index in [0.717, 1.165) is 11.1 Å². The van der Waals surface area contributed by atoms with Gasteiger partial charge in [-0.05, 0) is 53.1 Å². The number of rotatable bonds is 5. The molecule has 22 heavy (non-hydrogen) atoms. The maximum absolute atomic E-state index is 12.3. The Balaban J connectivity index is 1.73. The van der Waals surface area contributed by atoms with Gasteiger partial charge in [0.2, 0.25) is 5.91 Å². The minimum atomic E-state index is -0.0405. The topological polar surface area (TPSA) is 46.9 Å². The molecule has 3 aromatic rings. The lowest BCUT2D eigenvalue weighted by Gasteiger charge is -2.17. The molecule has 0 aliphatic rings. The van der Waals surface area contributed by atoms with Crippen molar-refractivity contribution in [1.29, 1.82) is 0 Å². The van der Waals surface area contributed by atoms with Gasteiger partial charge < -0.3 is 9.88 Å². The number of hydrogen-bond donors (Lipinski definition) is 1. The normalized spacial score (nSPS) is 12.0. The predicted octanol–water partition coefficient (Wildman–Crippen LogP) is 3.87. The van der Waals surface area contributed by atoms with E-state index in [2.05, 4.69) is 26.3 Å². The van der Waals surface area contributed by atoms with Crippen molar-refractivity contribution in [3.8, 4) is 0 Å². The Labute approximate surface area is 133 Å². The van der Waals surface area contributed by atoms with Crippen molar-refractivity contribution in [2.45, 2.75) is 19.4 Å². The van der Waals surface area contributed by atoms with E-state index in [1.165, 1.54) is 0 Å². The maximum atomic E-state index is 12.3. The smallest absolute Gasteiger partial charge is 0.227 e. The second-order valence-electron chi connectivity index (χ2n) is 5.18. The molecule has 0 unspecified atom stereocenters. The molecule has 1 atom stereocenters. The van der Waals surface area contributed by atoms with Crippen LogP contribution in [0.3, 0.4) is 0 Å². The van der Waals surface area contributed by atoms with Crippen molar-refractivity contribution in [3.63, 3.8) is 0 Å². The van der Waals surface area contributed by atoms with E-state index in [9.17, 15) is 4.79 Å². The van der Waals surface area contributed by atoms with Crippen molar-refractivity contribution in [3.05, 3.63) is 70.8 Å². The predicted molar refractivity (Wildman–Crippen MR) is 89.1 cm³/mol. The number of nitrogens with zero attached hydrogens (tertiary/aromatic N) is 2. The van der Waals surface area contributed by atoms with Crippen molar-refractivity contribution < 1.29 is 4.79 Å². The SMILES string of the molecule is Cc1ccc(NC(=O)C[C@@H](c2ccsc2)n2cccc2)nc1. The molecule has 4 nitrogen and oxygen atoms in total. The molecule has 0 fully saturated rings. The second kappa shape index (κ2) is 6.58. The first kappa shape index (κ1) is 14.5. The highest BCUT2D eigenvalue weighted by Gasteiger charge is 2.18. The molecule has 0 aliphatic carbocycles. The Morgan fingerprint density at radius 3 is 2.77 bits per heavy atom. The van der Waals surface area contributed by atoms with Crippen molar-refractivity contribution in [2.75, 3.05) is 5.32 Å². The number of pyridine rings is 1. The first-order chi connectivity index (χ1) is 10.7. The average Bonchev–Trinajstić information content (AvgIpc) is 3.21. The first-order valence-electron chi connectivity index (χ1n) is 7.09. The molecule has 0 aromatic carbocycles. The van der Waals surface area contributed by atoms with Gasteiger partial charge in [0.25, 0.3) is 0 Å². The van der Waals surface area contributed by atoms with Gasteiger partial charge in [0.15, 0.2) is 0 Å². The van der Waals surface area contributed by atoms with Crippen LogP contribution in [0.1, 0.15) is 23.6 Å². The summed E-state index contributed by atoms with van der Waals surface area (Å²) in [7, 11) is 0. The summed E-state index contributed by atoms with van der Waals surface area (Å²) in [4.78, 5) is 16.6. The fourth-order valence-electron chi connectivity index (χ4n) is 2.33. The standard InChI is InChI=1S/C17H17N3OS/c1-13-4-5-16(18-11-13)19-17(21)10-15(14-6-9-22-12-14)20-7-2-3-8-20/h2-9,11-12,15H,10H2,1H3,(H,18,19,21)/t15-/m0/s1. The summed E-state index contributed by atoms with van der Waals surface area (Å²) in [6.45, 7) is 1.97. The fourth-order valence-corrected chi connectivity index (χ4v) is 3.03. The Kier molecular flexibility index (Phi) is 4.34. The van der Waals surface area contributed by atoms with Crippen molar-refractivity contribution >= 4 is 23.1 Å². The Hall–Kier alpha value is -2.40. The Morgan fingerprint density at radius 1 is 1.32 bits per heavy atom. The number of aromatic nitrogens is 2. The number of thiophene rings is 1. The first-order valence-corrected chi connectivity index (χ1v) is 8.04. The summed E-state index contributed by atoms with van der Waals surface area (Å²) in [6.07, 6.45) is 6.10. The van der Waals surface area contributed by atoms with Crippen LogP contribution in [-0.4, -0.2) is 15.5 Å². The lowest BCUT2D eigenvalue weighted by molar-refractivity contribution is -0.116. The number of nitrogens with one attached hydrogen (secondary N) is 1. The quantitative estimate of drug-likeness (QED) is 0.777. The van der Waals surface area contributed by atoms with Gasteiger partial charge in [-0.15, -0.1) is 0 Å². The highest BCUT2D eigenvalue weighted by molar-refractivity contribution is 7.08. The van der Waals surface area contributed by atoms with Crippen molar-refractivity contribution in [1.82, 2.24) is 9.55 Å². The Morgan fingerprint density at radius 2 is 2.14 bits per heavy atom. The molecule has 5 heteroatoms. The van der Waals surface area contributed by atoms with Gasteiger partial charge in [-0.1, -0.05) is 6.07 Å². The molecule has 0 saturated carbocycles. The molecule has 1 amide bonds. The van der Waals surface area contributed by atoms with E-state index < -0.39 is 0 Å². The number of anilines is 1. The minimum absolute atomic E-state index is 0.00620. The third kappa shape index (κ3) is 3.43. The van der Waals surface area contributed by atoms with Crippen LogP contribution in [-0.2, 0) is 4.79 Å². The minimum Gasteiger partial charge on any atom is -0.346 e. The molecule has 3 aromatic heterocycles. The third-order valence-corrected chi connectivity index (χ3v) is 4.17. The van der Waals surface area contributed by atoms with Gasteiger partial charge >= 0.3 is 0 Å². The van der Waals surface area contributed by atoms with E-state index in [4.69, 9.17) is 0 Å². The molecule has 0 radical (unpaired) electrons. The molecule has 0 spiro atoms. The summed E-state index contributed by atoms with van der Waals surface area (Å²) >= 11 is 1.64. The molecule has 3 rings (SSSR count). The summed E-state index contributed by atoms with van der Waals surface area (Å²) in [6, 6.07) is 9.77. The zero-order valence-corrected chi connectivity index (χ0v) is 13.1. The van der Waals surface area contributed by atoms with E-state index in [1.807, 2.05) is 49.0 Å². The van der Waals surface area contributed by atoms with Gasteiger partial charge in [0.1, 0.15) is 5.82 Å². The third-order valence-electron chi connectivity index (χ3n) is 3.47. The Bertz CT molecular complexity index is 684. The van der Waals surface area contributed by atoms with Crippen LogP contribution in [0.5, 0.6) is 0 Å². The molecule has 3 heterocycles. The van der Waals surface area contributed by atoms with Crippen LogP contribution in [0.4, 0.5) is 5.82 Å². The van der Waals surface area contributed by atoms with E-state index in [-0.39, 0.29) is 11.9 Å². The van der Waals surface area contributed by atoms with Crippen molar-refractivity contribution in [2.24, 2.45) is 0 Å². The highest BCUT2D eigenvalue weighted by Crippen LogP contribution is 2.25. The molecule has 1 N–H and O–H groups in total. The highest BCUT2D eigenvalue weighted by atomic mass is 32.1. The van der Waals surface area contributed by atoms with Crippen LogP contribution >= 0.6 is 11.3 Å². The van der Waals surface area contributed by atoms with Gasteiger partial charge in [-0.25, -0.2) is 4.98 Å². The number of amides is 1. The molecule has 112 valence electrons. The second-order valence-corrected chi connectivity index (χ2v) is 5.96. The van der Waals surface area contributed by atoms with Gasteiger partial charge in [0.05, 0.1) is 12.5 Å². The number of aryl methyl sites for hydroxylation is 1. The van der Waals surface area contributed by atoms with E-state index >= 15 is 0 Å². The lowest BCUT2D eigenvalue weighted by Crippen LogP contribution is -2.19. The molecular weight excluding hydrogens is 294 g/mol. The van der Waals surface area contributed by atoms with Crippen LogP contribution in [0.15, 0.2) is 59.7 Å². The lowest BCUT2D eigenvalue weighted by atomic mass is 10.1. The van der Waals surface area contributed by atoms with E-state index in [1.54, 1.807) is 17.5 Å². The van der Waals surface area contributed by atoms with Gasteiger partial charge in [-0.3, -0.25) is 4.79 Å². The largest absolute Gasteiger partial charge is 0.346 e. The fraction of sp³-hybridized carbons (Fsp3) is 0.176. The zero-order valence-electron chi connectivity index (χ0n) is 12.3. The average molecular weight is 311 g/mol. The van der Waals surface area contributed by atoms with Crippen LogP contribution in [0.2, 0.25) is 0 Å². The van der Waals surface area contributed by atoms with Crippen LogP contribution in [0.25, 0.3) is 0 Å². The molecule has 0 bridgehead atoms. The van der Waals surface area contributed by atoms with Crippen LogP contribution in [0, 0.1) is 6.92 Å². The summed E-state index contributed by atoms with van der Waals surface area (Å²) in [5.41, 5.74) is 2.22. The van der Waals surface area contributed by atoms with E-state index in [0.29, 0.717) is 12.2 Å². The monoisotopic (exact) mass is 311 g/mol. The number of carbonyl (C=O) groups excluding carboxylic acids is 1.